The van der Waals surface area contributed by atoms with Crippen molar-refractivity contribution in [1.29, 1.82) is 0 Å². The molecule has 0 spiro atoms. The fourth-order valence-corrected chi connectivity index (χ4v) is 2.83. The van der Waals surface area contributed by atoms with E-state index in [9.17, 15) is 0 Å². The normalized spacial score (nSPS) is 12.2. The summed E-state index contributed by atoms with van der Waals surface area (Å²) in [7, 11) is 1.70. The molecule has 0 N–H and O–H groups in total. The van der Waals surface area contributed by atoms with Crippen molar-refractivity contribution in [1.82, 2.24) is 4.98 Å². The van der Waals surface area contributed by atoms with Crippen molar-refractivity contribution in [2.75, 3.05) is 12.4 Å². The topological polar surface area (TPSA) is 22.1 Å². The maximum atomic E-state index is 5.27. The Morgan fingerprint density at radius 3 is 2.70 bits per heavy atom. The number of ether oxygens (including phenoxy) is 1. The number of hydrogen-bond donors (Lipinski definition) is 0. The molecule has 0 radical (unpaired) electrons. The molecule has 2 nitrogen and oxygen atoms in total. The van der Waals surface area contributed by atoms with E-state index < -0.39 is 0 Å². The molecule has 0 aliphatic rings. The van der Waals surface area contributed by atoms with Crippen LogP contribution >= 0.6 is 31.9 Å². The highest BCUT2D eigenvalue weighted by atomic mass is 79.9. The highest BCUT2D eigenvalue weighted by molar-refractivity contribution is 9.10. The Morgan fingerprint density at radius 1 is 1.20 bits per heavy atom. The largest absolute Gasteiger partial charge is 0.497 e. The molecule has 4 heteroatoms. The van der Waals surface area contributed by atoms with Gasteiger partial charge in [0, 0.05) is 21.7 Å². The molecule has 0 aliphatic carbocycles. The Bertz CT molecular complexity index is 542. The van der Waals surface area contributed by atoms with Crippen molar-refractivity contribution in [2.24, 2.45) is 5.92 Å². The minimum absolute atomic E-state index is 0.524. The first-order chi connectivity index (χ1) is 9.71. The summed E-state index contributed by atoms with van der Waals surface area (Å²) in [5, 5.41) is 0.960. The Kier molecular flexibility index (Phi) is 6.05. The third-order valence-electron chi connectivity index (χ3n) is 3.16. The van der Waals surface area contributed by atoms with Crippen LogP contribution in [0.25, 0.3) is 0 Å². The minimum Gasteiger partial charge on any atom is -0.497 e. The molecule has 1 heterocycles. The van der Waals surface area contributed by atoms with Crippen LogP contribution in [0.5, 0.6) is 5.75 Å². The van der Waals surface area contributed by atoms with Crippen molar-refractivity contribution in [3.05, 3.63) is 58.3 Å². The molecule has 0 saturated carbocycles. The van der Waals surface area contributed by atoms with Gasteiger partial charge in [0.25, 0.3) is 0 Å². The number of methoxy groups -OCH3 is 1. The van der Waals surface area contributed by atoms with Crippen molar-refractivity contribution in [3.63, 3.8) is 0 Å². The van der Waals surface area contributed by atoms with Gasteiger partial charge >= 0.3 is 0 Å². The number of aromatic nitrogens is 1. The van der Waals surface area contributed by atoms with Crippen LogP contribution in [0.2, 0.25) is 0 Å². The average molecular weight is 399 g/mol. The maximum Gasteiger partial charge on any atom is 0.119 e. The van der Waals surface area contributed by atoms with Gasteiger partial charge in [0.2, 0.25) is 0 Å². The van der Waals surface area contributed by atoms with Crippen LogP contribution in [0.15, 0.2) is 47.1 Å². The lowest BCUT2D eigenvalue weighted by atomic mass is 9.96. The first kappa shape index (κ1) is 15.5. The number of benzene rings is 1. The summed E-state index contributed by atoms with van der Waals surface area (Å²) in [5.41, 5.74) is 2.42. The first-order valence-electron chi connectivity index (χ1n) is 6.50. The molecule has 1 atom stereocenters. The average Bonchev–Trinajstić information content (AvgIpc) is 2.49. The lowest BCUT2D eigenvalue weighted by Gasteiger charge is -2.14. The molecule has 0 saturated heterocycles. The Labute approximate surface area is 136 Å². The predicted molar refractivity (Wildman–Crippen MR) is 89.6 cm³/mol. The summed E-state index contributed by atoms with van der Waals surface area (Å²) in [5.74, 6) is 1.44. The molecule has 1 aromatic carbocycles. The van der Waals surface area contributed by atoms with Gasteiger partial charge in [-0.05, 0) is 64.5 Å². The molecule has 106 valence electrons. The van der Waals surface area contributed by atoms with Crippen LogP contribution in [0.4, 0.5) is 0 Å². The van der Waals surface area contributed by atoms with Crippen molar-refractivity contribution in [3.8, 4) is 5.75 Å². The second kappa shape index (κ2) is 7.79. The van der Waals surface area contributed by atoms with Crippen LogP contribution in [0.1, 0.15) is 11.3 Å². The zero-order valence-corrected chi connectivity index (χ0v) is 14.5. The first-order valence-corrected chi connectivity index (χ1v) is 8.42. The summed E-state index contributed by atoms with van der Waals surface area (Å²) in [6.45, 7) is 0. The predicted octanol–water partition coefficient (Wildman–Crippen LogP) is 4.65. The van der Waals surface area contributed by atoms with Gasteiger partial charge in [-0.25, -0.2) is 0 Å². The van der Waals surface area contributed by atoms with Gasteiger partial charge in [-0.3, -0.25) is 4.98 Å². The molecule has 2 aromatic rings. The summed E-state index contributed by atoms with van der Waals surface area (Å²) in [6, 6.07) is 12.4. The molecule has 0 amide bonds. The lowest BCUT2D eigenvalue weighted by Crippen LogP contribution is -2.11. The van der Waals surface area contributed by atoms with Gasteiger partial charge in [0.15, 0.2) is 0 Å². The number of nitrogens with zero attached hydrogens (tertiary/aromatic N) is 1. The van der Waals surface area contributed by atoms with E-state index in [4.69, 9.17) is 4.74 Å². The summed E-state index contributed by atoms with van der Waals surface area (Å²) < 4.78 is 6.29. The van der Waals surface area contributed by atoms with Gasteiger partial charge < -0.3 is 4.74 Å². The van der Waals surface area contributed by atoms with Gasteiger partial charge in [0.1, 0.15) is 5.75 Å². The van der Waals surface area contributed by atoms with E-state index in [-0.39, 0.29) is 0 Å². The minimum atomic E-state index is 0.524. The number of hydrogen-bond acceptors (Lipinski definition) is 2. The third-order valence-corrected chi connectivity index (χ3v) is 4.55. The molecular formula is C16H17Br2NO. The van der Waals surface area contributed by atoms with Gasteiger partial charge in [-0.2, -0.15) is 0 Å². The van der Waals surface area contributed by atoms with Crippen LogP contribution in [-0.2, 0) is 12.8 Å². The van der Waals surface area contributed by atoms with Crippen molar-refractivity contribution < 1.29 is 4.74 Å². The zero-order valence-electron chi connectivity index (χ0n) is 11.4. The fraction of sp³-hybridized carbons (Fsp3) is 0.312. The van der Waals surface area contributed by atoms with Crippen LogP contribution < -0.4 is 4.74 Å². The molecule has 0 bridgehead atoms. The van der Waals surface area contributed by atoms with E-state index in [1.165, 1.54) is 5.56 Å². The molecule has 2 rings (SSSR count). The van der Waals surface area contributed by atoms with Gasteiger partial charge in [-0.1, -0.05) is 28.1 Å². The Balaban J connectivity index is 2.02. The highest BCUT2D eigenvalue weighted by Gasteiger charge is 2.11. The van der Waals surface area contributed by atoms with Crippen molar-refractivity contribution in [2.45, 2.75) is 12.8 Å². The SMILES string of the molecule is COc1cccc(CC(CBr)Cc2ccc(Br)cn2)c1. The van der Waals surface area contributed by atoms with Gasteiger partial charge in [-0.15, -0.1) is 0 Å². The number of alkyl halides is 1. The monoisotopic (exact) mass is 397 g/mol. The quantitative estimate of drug-likeness (QED) is 0.660. The van der Waals surface area contributed by atoms with E-state index in [1.807, 2.05) is 24.4 Å². The van der Waals surface area contributed by atoms with E-state index in [2.05, 4.69) is 55.0 Å². The second-order valence-corrected chi connectivity index (χ2v) is 6.31. The molecule has 0 aliphatic heterocycles. The second-order valence-electron chi connectivity index (χ2n) is 4.75. The molecule has 1 unspecified atom stereocenters. The molecule has 20 heavy (non-hydrogen) atoms. The third kappa shape index (κ3) is 4.60. The van der Waals surface area contributed by atoms with E-state index in [1.54, 1.807) is 7.11 Å². The lowest BCUT2D eigenvalue weighted by molar-refractivity contribution is 0.414. The van der Waals surface area contributed by atoms with E-state index >= 15 is 0 Å². The van der Waals surface area contributed by atoms with Gasteiger partial charge in [0.05, 0.1) is 7.11 Å². The summed E-state index contributed by atoms with van der Waals surface area (Å²) in [4.78, 5) is 4.45. The van der Waals surface area contributed by atoms with Crippen LogP contribution in [0.3, 0.4) is 0 Å². The highest BCUT2D eigenvalue weighted by Crippen LogP contribution is 2.20. The maximum absolute atomic E-state index is 5.27. The van der Waals surface area contributed by atoms with Crippen molar-refractivity contribution >= 4 is 31.9 Å². The van der Waals surface area contributed by atoms with E-state index in [0.29, 0.717) is 5.92 Å². The Morgan fingerprint density at radius 2 is 2.05 bits per heavy atom. The molecule has 0 fully saturated rings. The number of halogens is 2. The van der Waals surface area contributed by atoms with Crippen LogP contribution in [-0.4, -0.2) is 17.4 Å². The number of pyridine rings is 1. The standard InChI is InChI=1S/C16H17Br2NO/c1-20-16-4-2-3-12(9-16)7-13(10-17)8-15-6-5-14(18)11-19-15/h2-6,9,11,13H,7-8,10H2,1H3. The smallest absolute Gasteiger partial charge is 0.119 e. The van der Waals surface area contributed by atoms with E-state index in [0.717, 1.165) is 34.1 Å². The molecular weight excluding hydrogens is 382 g/mol. The summed E-state index contributed by atoms with van der Waals surface area (Å²) in [6.07, 6.45) is 3.84. The Hall–Kier alpha value is -0.870. The fourth-order valence-electron chi connectivity index (χ4n) is 2.14. The molecule has 1 aromatic heterocycles. The zero-order chi connectivity index (χ0) is 14.4. The summed E-state index contributed by atoms with van der Waals surface area (Å²) >= 11 is 7.03. The van der Waals surface area contributed by atoms with Crippen LogP contribution in [0, 0.1) is 5.92 Å². The number of rotatable bonds is 6.